The van der Waals surface area contributed by atoms with Crippen molar-refractivity contribution in [2.24, 2.45) is 0 Å². The predicted molar refractivity (Wildman–Crippen MR) is 86.4 cm³/mol. The zero-order chi connectivity index (χ0) is 15.6. The van der Waals surface area contributed by atoms with Crippen LogP contribution < -0.4 is 5.32 Å². The Kier molecular flexibility index (Phi) is 4.82. The minimum absolute atomic E-state index is 0.0374. The molecule has 2 N–H and O–H groups in total. The molecule has 6 heteroatoms. The van der Waals surface area contributed by atoms with Gasteiger partial charge in [0.25, 0.3) is 0 Å². The molecular formula is C16H24N2O3S. The van der Waals surface area contributed by atoms with Crippen LogP contribution in [0.4, 0.5) is 0 Å². The Bertz CT molecular complexity index is 585. The normalized spacial score (nSPS) is 29.7. The second-order valence-corrected chi connectivity index (χ2v) is 8.48. The Morgan fingerprint density at radius 1 is 1.18 bits per heavy atom. The summed E-state index contributed by atoms with van der Waals surface area (Å²) in [5, 5.41) is 13.2. The highest BCUT2D eigenvalue weighted by Crippen LogP contribution is 2.25. The van der Waals surface area contributed by atoms with Crippen LogP contribution in [-0.2, 0) is 9.84 Å². The van der Waals surface area contributed by atoms with Crippen LogP contribution in [-0.4, -0.2) is 61.7 Å². The van der Waals surface area contributed by atoms with Crippen molar-refractivity contribution < 1.29 is 13.5 Å². The standard InChI is InChI=1S/C16H24N2O3S/c19-16-12-22(20,21)11-14(16)17-10-15(18-8-4-5-9-18)13-6-2-1-3-7-13/h1-3,6-7,14-17,19H,4-5,8-12H2/t14-,15-,16+/m1/s1. The van der Waals surface area contributed by atoms with Crippen LogP contribution in [0.2, 0.25) is 0 Å². The molecule has 0 spiro atoms. The minimum Gasteiger partial charge on any atom is -0.390 e. The van der Waals surface area contributed by atoms with Crippen molar-refractivity contribution in [2.75, 3.05) is 31.1 Å². The molecule has 3 atom stereocenters. The topological polar surface area (TPSA) is 69.6 Å². The average Bonchev–Trinajstić information content (AvgIpc) is 3.09. The molecule has 5 nitrogen and oxygen atoms in total. The lowest BCUT2D eigenvalue weighted by atomic mass is 10.0. The largest absolute Gasteiger partial charge is 0.390 e. The van der Waals surface area contributed by atoms with Gasteiger partial charge in [-0.3, -0.25) is 4.90 Å². The Morgan fingerprint density at radius 3 is 2.45 bits per heavy atom. The lowest BCUT2D eigenvalue weighted by Gasteiger charge is -2.30. The molecule has 2 aliphatic heterocycles. The Balaban J connectivity index is 1.68. The molecular weight excluding hydrogens is 300 g/mol. The summed E-state index contributed by atoms with van der Waals surface area (Å²) in [6.45, 7) is 2.82. The molecule has 122 valence electrons. The first-order valence-electron chi connectivity index (χ1n) is 7.96. The van der Waals surface area contributed by atoms with Gasteiger partial charge in [-0.1, -0.05) is 30.3 Å². The number of hydrogen-bond acceptors (Lipinski definition) is 5. The van der Waals surface area contributed by atoms with E-state index in [9.17, 15) is 13.5 Å². The van der Waals surface area contributed by atoms with E-state index in [4.69, 9.17) is 0 Å². The number of nitrogens with one attached hydrogen (secondary N) is 1. The second kappa shape index (κ2) is 6.66. The van der Waals surface area contributed by atoms with Gasteiger partial charge in [-0.05, 0) is 31.5 Å². The average molecular weight is 324 g/mol. The molecule has 2 saturated heterocycles. The smallest absolute Gasteiger partial charge is 0.154 e. The van der Waals surface area contributed by atoms with Gasteiger partial charge in [0.1, 0.15) is 0 Å². The summed E-state index contributed by atoms with van der Waals surface area (Å²) in [5.74, 6) is -0.0833. The van der Waals surface area contributed by atoms with Crippen LogP contribution in [0.3, 0.4) is 0 Å². The van der Waals surface area contributed by atoms with Crippen LogP contribution in [0.5, 0.6) is 0 Å². The van der Waals surface area contributed by atoms with Gasteiger partial charge < -0.3 is 10.4 Å². The number of rotatable bonds is 5. The van der Waals surface area contributed by atoms with Crippen molar-refractivity contribution in [2.45, 2.75) is 31.0 Å². The number of aliphatic hydroxyl groups is 1. The van der Waals surface area contributed by atoms with Crippen molar-refractivity contribution in [3.05, 3.63) is 35.9 Å². The molecule has 0 unspecified atom stereocenters. The van der Waals surface area contributed by atoms with E-state index in [-0.39, 0.29) is 23.6 Å². The molecule has 1 aromatic carbocycles. The van der Waals surface area contributed by atoms with Crippen LogP contribution in [0.1, 0.15) is 24.4 Å². The fourth-order valence-electron chi connectivity index (χ4n) is 3.47. The minimum atomic E-state index is -3.10. The number of hydrogen-bond donors (Lipinski definition) is 2. The van der Waals surface area contributed by atoms with Gasteiger partial charge in [-0.2, -0.15) is 0 Å². The lowest BCUT2D eigenvalue weighted by molar-refractivity contribution is 0.155. The quantitative estimate of drug-likeness (QED) is 0.829. The van der Waals surface area contributed by atoms with E-state index in [1.54, 1.807) is 0 Å². The molecule has 0 aromatic heterocycles. The number of likely N-dealkylation sites (tertiary alicyclic amines) is 1. The fraction of sp³-hybridized carbons (Fsp3) is 0.625. The highest BCUT2D eigenvalue weighted by atomic mass is 32.2. The summed E-state index contributed by atoms with van der Waals surface area (Å²) in [4.78, 5) is 2.44. The second-order valence-electron chi connectivity index (χ2n) is 6.33. The van der Waals surface area contributed by atoms with Gasteiger partial charge in [-0.25, -0.2) is 8.42 Å². The predicted octanol–water partition coefficient (Wildman–Crippen LogP) is 0.571. The zero-order valence-corrected chi connectivity index (χ0v) is 13.5. The van der Waals surface area contributed by atoms with Crippen molar-refractivity contribution >= 4 is 9.84 Å². The van der Waals surface area contributed by atoms with Gasteiger partial charge in [0.15, 0.2) is 9.84 Å². The van der Waals surface area contributed by atoms with Gasteiger partial charge in [0.05, 0.1) is 17.6 Å². The van der Waals surface area contributed by atoms with Crippen molar-refractivity contribution in [1.29, 1.82) is 0 Å². The summed E-state index contributed by atoms with van der Waals surface area (Å²) in [7, 11) is -3.10. The van der Waals surface area contributed by atoms with Gasteiger partial charge in [-0.15, -0.1) is 0 Å². The molecule has 0 radical (unpaired) electrons. The van der Waals surface area contributed by atoms with E-state index in [1.807, 2.05) is 18.2 Å². The summed E-state index contributed by atoms with van der Waals surface area (Å²) in [6.07, 6.45) is 1.63. The first kappa shape index (κ1) is 15.9. The Labute approximate surface area is 132 Å². The van der Waals surface area contributed by atoms with E-state index in [1.165, 1.54) is 18.4 Å². The first-order chi connectivity index (χ1) is 10.6. The zero-order valence-electron chi connectivity index (χ0n) is 12.7. The Morgan fingerprint density at radius 2 is 1.86 bits per heavy atom. The third-order valence-corrected chi connectivity index (χ3v) is 6.38. The summed E-state index contributed by atoms with van der Waals surface area (Å²) in [5.41, 5.74) is 1.24. The summed E-state index contributed by atoms with van der Waals surface area (Å²) < 4.78 is 23.2. The van der Waals surface area contributed by atoms with Crippen LogP contribution in [0.25, 0.3) is 0 Å². The van der Waals surface area contributed by atoms with Crippen molar-refractivity contribution in [3.63, 3.8) is 0 Å². The van der Waals surface area contributed by atoms with E-state index in [2.05, 4.69) is 22.3 Å². The van der Waals surface area contributed by atoms with Gasteiger partial charge >= 0.3 is 0 Å². The maximum absolute atomic E-state index is 11.6. The number of benzene rings is 1. The van der Waals surface area contributed by atoms with Crippen LogP contribution >= 0.6 is 0 Å². The maximum Gasteiger partial charge on any atom is 0.154 e. The molecule has 1 aromatic rings. The summed E-state index contributed by atoms with van der Waals surface area (Å²) >= 11 is 0. The summed E-state index contributed by atoms with van der Waals surface area (Å²) in [6, 6.07) is 10.2. The van der Waals surface area contributed by atoms with Crippen LogP contribution in [0, 0.1) is 0 Å². The highest BCUT2D eigenvalue weighted by Gasteiger charge is 2.36. The monoisotopic (exact) mass is 324 g/mol. The van der Waals surface area contributed by atoms with Crippen molar-refractivity contribution in [1.82, 2.24) is 10.2 Å². The van der Waals surface area contributed by atoms with E-state index in [0.717, 1.165) is 13.1 Å². The van der Waals surface area contributed by atoms with E-state index >= 15 is 0 Å². The molecule has 0 bridgehead atoms. The van der Waals surface area contributed by atoms with Gasteiger partial charge in [0.2, 0.25) is 0 Å². The lowest BCUT2D eigenvalue weighted by Crippen LogP contribution is -2.44. The van der Waals surface area contributed by atoms with Gasteiger partial charge in [0, 0.05) is 18.6 Å². The molecule has 22 heavy (non-hydrogen) atoms. The first-order valence-corrected chi connectivity index (χ1v) is 9.78. The van der Waals surface area contributed by atoms with Crippen molar-refractivity contribution in [3.8, 4) is 0 Å². The molecule has 0 aliphatic carbocycles. The maximum atomic E-state index is 11.6. The van der Waals surface area contributed by atoms with E-state index in [0.29, 0.717) is 6.54 Å². The molecule has 0 amide bonds. The SMILES string of the molecule is O=S1(=O)C[C@H](O)[C@H](NC[C@H](c2ccccc2)N2CCCC2)C1. The number of sulfone groups is 1. The molecule has 2 fully saturated rings. The molecule has 0 saturated carbocycles. The Hall–Kier alpha value is -0.950. The van der Waals surface area contributed by atoms with E-state index < -0.39 is 15.9 Å². The molecule has 2 aliphatic rings. The number of nitrogens with zero attached hydrogens (tertiary/aromatic N) is 1. The molecule has 3 rings (SSSR count). The fourth-order valence-corrected chi connectivity index (χ4v) is 5.25. The number of aliphatic hydroxyl groups excluding tert-OH is 1. The third kappa shape index (κ3) is 3.68. The molecule has 2 heterocycles. The highest BCUT2D eigenvalue weighted by molar-refractivity contribution is 7.91. The van der Waals surface area contributed by atoms with Crippen LogP contribution in [0.15, 0.2) is 30.3 Å². The third-order valence-electron chi connectivity index (χ3n) is 4.66.